The molecule has 0 saturated carbocycles. The van der Waals surface area contributed by atoms with Gasteiger partial charge in [0.15, 0.2) is 0 Å². The van der Waals surface area contributed by atoms with Gasteiger partial charge in [-0.05, 0) is 18.3 Å². The van der Waals surface area contributed by atoms with E-state index in [0.717, 1.165) is 18.9 Å². The lowest BCUT2D eigenvalue weighted by molar-refractivity contribution is -0.142. The molecule has 1 aliphatic heterocycles. The largest absolute Gasteiger partial charge is 0.469 e. The van der Waals surface area contributed by atoms with Crippen molar-refractivity contribution in [3.8, 4) is 0 Å². The average Bonchev–Trinajstić information content (AvgIpc) is 2.98. The van der Waals surface area contributed by atoms with Gasteiger partial charge in [0.25, 0.3) is 0 Å². The van der Waals surface area contributed by atoms with E-state index < -0.39 is 0 Å². The summed E-state index contributed by atoms with van der Waals surface area (Å²) in [5.74, 6) is 1.00. The smallest absolute Gasteiger partial charge is 0.305 e. The molecule has 2 unspecified atom stereocenters. The van der Waals surface area contributed by atoms with E-state index in [1.54, 1.807) is 0 Å². The zero-order valence-electron chi connectivity index (χ0n) is 9.99. The molecule has 1 fully saturated rings. The summed E-state index contributed by atoms with van der Waals surface area (Å²) in [6.45, 7) is 5.27. The fourth-order valence-electron chi connectivity index (χ4n) is 1.83. The van der Waals surface area contributed by atoms with E-state index >= 15 is 0 Å². The molecule has 0 spiro atoms. The van der Waals surface area contributed by atoms with Gasteiger partial charge < -0.3 is 9.47 Å². The molecule has 15 heavy (non-hydrogen) atoms. The Kier molecular flexibility index (Phi) is 5.09. The summed E-state index contributed by atoms with van der Waals surface area (Å²) in [6.07, 6.45) is 4.32. The topological polar surface area (TPSA) is 38.8 Å². The minimum Gasteiger partial charge on any atom is -0.469 e. The van der Waals surface area contributed by atoms with Crippen molar-refractivity contribution in [2.45, 2.75) is 45.6 Å². The van der Waals surface area contributed by atoms with E-state index in [-0.39, 0.29) is 5.97 Å². The number of carbonyl (C=O) groups is 1. The molecule has 1 rings (SSSR count). The van der Waals surface area contributed by atoms with Gasteiger partial charge in [0.1, 0.15) is 0 Å². The molecule has 0 aromatic rings. The summed E-state index contributed by atoms with van der Waals surface area (Å²) in [7, 11) is 1.45. The van der Waals surface area contributed by atoms with Gasteiger partial charge in [-0.2, -0.15) is 0 Å². The molecule has 0 amide bonds. The lowest BCUT2D eigenvalue weighted by atomic mass is 9.93. The molecular formula is C12H22O3. The molecule has 0 N–H and O–H groups in total. The summed E-state index contributed by atoms with van der Waals surface area (Å²) >= 11 is 0. The summed E-state index contributed by atoms with van der Waals surface area (Å²) in [5, 5.41) is 0. The lowest BCUT2D eigenvalue weighted by Gasteiger charge is -2.13. The number of hydrogen-bond acceptors (Lipinski definition) is 3. The third kappa shape index (κ3) is 5.17. The summed E-state index contributed by atoms with van der Waals surface area (Å²) in [5.41, 5.74) is 0. The quantitative estimate of drug-likeness (QED) is 0.482. The Morgan fingerprint density at radius 3 is 2.60 bits per heavy atom. The second-order valence-electron chi connectivity index (χ2n) is 4.74. The number of rotatable bonds is 7. The Labute approximate surface area is 92.1 Å². The number of methoxy groups -OCH3 is 1. The van der Waals surface area contributed by atoms with E-state index in [2.05, 4.69) is 13.8 Å². The van der Waals surface area contributed by atoms with Crippen LogP contribution in [0, 0.1) is 11.8 Å². The highest BCUT2D eigenvalue weighted by Crippen LogP contribution is 2.28. The second kappa shape index (κ2) is 6.11. The van der Waals surface area contributed by atoms with E-state index in [1.807, 2.05) is 0 Å². The molecule has 0 aromatic heterocycles. The lowest BCUT2D eigenvalue weighted by Crippen LogP contribution is -2.15. The van der Waals surface area contributed by atoms with Crippen molar-refractivity contribution in [3.05, 3.63) is 0 Å². The molecule has 1 saturated heterocycles. The zero-order valence-corrected chi connectivity index (χ0v) is 9.99. The first-order valence-electron chi connectivity index (χ1n) is 5.82. The normalized spacial score (nSPS) is 21.5. The highest BCUT2D eigenvalue weighted by Gasteiger charge is 2.33. The minimum absolute atomic E-state index is 0.111. The Hall–Kier alpha value is -0.570. The van der Waals surface area contributed by atoms with Crippen LogP contribution in [0.5, 0.6) is 0 Å². The summed E-state index contributed by atoms with van der Waals surface area (Å²) < 4.78 is 9.96. The van der Waals surface area contributed by atoms with Gasteiger partial charge in [0.2, 0.25) is 0 Å². The Balaban J connectivity index is 2.21. The SMILES string of the molecule is COC(=O)CC(CCCC(C)C)C1CO1. The average molecular weight is 214 g/mol. The fourth-order valence-corrected chi connectivity index (χ4v) is 1.83. The fraction of sp³-hybridized carbons (Fsp3) is 0.917. The van der Waals surface area contributed by atoms with Crippen molar-refractivity contribution in [3.63, 3.8) is 0 Å². The molecule has 2 atom stereocenters. The van der Waals surface area contributed by atoms with Crippen LogP contribution in [0.25, 0.3) is 0 Å². The van der Waals surface area contributed by atoms with Gasteiger partial charge in [-0.15, -0.1) is 0 Å². The highest BCUT2D eigenvalue weighted by molar-refractivity contribution is 5.69. The van der Waals surface area contributed by atoms with Gasteiger partial charge in [-0.3, -0.25) is 4.79 Å². The van der Waals surface area contributed by atoms with E-state index in [4.69, 9.17) is 9.47 Å². The first-order chi connectivity index (χ1) is 7.13. The van der Waals surface area contributed by atoms with E-state index in [1.165, 1.54) is 20.0 Å². The number of ether oxygens (including phenoxy) is 2. The molecule has 0 bridgehead atoms. The van der Waals surface area contributed by atoms with Crippen LogP contribution in [0.4, 0.5) is 0 Å². The van der Waals surface area contributed by atoms with Crippen LogP contribution in [0.15, 0.2) is 0 Å². The standard InChI is InChI=1S/C12H22O3/c1-9(2)5-4-6-10(11-8-15-11)7-12(13)14-3/h9-11H,4-8H2,1-3H3. The molecule has 0 aromatic carbocycles. The monoisotopic (exact) mass is 214 g/mol. The van der Waals surface area contributed by atoms with Crippen LogP contribution in [-0.4, -0.2) is 25.8 Å². The van der Waals surface area contributed by atoms with Crippen LogP contribution < -0.4 is 0 Å². The number of epoxide rings is 1. The minimum atomic E-state index is -0.111. The van der Waals surface area contributed by atoms with Gasteiger partial charge in [-0.25, -0.2) is 0 Å². The number of hydrogen-bond donors (Lipinski definition) is 0. The maximum Gasteiger partial charge on any atom is 0.305 e. The van der Waals surface area contributed by atoms with Crippen molar-refractivity contribution in [2.24, 2.45) is 11.8 Å². The van der Waals surface area contributed by atoms with E-state index in [9.17, 15) is 4.79 Å². The maximum atomic E-state index is 11.2. The Morgan fingerprint density at radius 2 is 2.13 bits per heavy atom. The highest BCUT2D eigenvalue weighted by atomic mass is 16.6. The zero-order chi connectivity index (χ0) is 11.3. The first kappa shape index (κ1) is 12.5. The van der Waals surface area contributed by atoms with Crippen LogP contribution in [0.2, 0.25) is 0 Å². The van der Waals surface area contributed by atoms with Crippen molar-refractivity contribution in [2.75, 3.05) is 13.7 Å². The van der Waals surface area contributed by atoms with Crippen molar-refractivity contribution >= 4 is 5.97 Å². The third-order valence-electron chi connectivity index (χ3n) is 2.90. The van der Waals surface area contributed by atoms with Crippen molar-refractivity contribution in [1.29, 1.82) is 0 Å². The van der Waals surface area contributed by atoms with Gasteiger partial charge in [-0.1, -0.05) is 26.7 Å². The molecule has 0 radical (unpaired) electrons. The van der Waals surface area contributed by atoms with Gasteiger partial charge in [0.05, 0.1) is 26.2 Å². The Bertz CT molecular complexity index is 197. The van der Waals surface area contributed by atoms with Gasteiger partial charge in [0, 0.05) is 0 Å². The number of carbonyl (C=O) groups excluding carboxylic acids is 1. The predicted molar refractivity (Wildman–Crippen MR) is 58.6 cm³/mol. The summed E-state index contributed by atoms with van der Waals surface area (Å²) in [4.78, 5) is 11.2. The predicted octanol–water partition coefficient (Wildman–Crippen LogP) is 2.39. The number of esters is 1. The second-order valence-corrected chi connectivity index (χ2v) is 4.74. The maximum absolute atomic E-state index is 11.2. The Morgan fingerprint density at radius 1 is 1.47 bits per heavy atom. The van der Waals surface area contributed by atoms with Crippen molar-refractivity contribution < 1.29 is 14.3 Å². The molecule has 88 valence electrons. The first-order valence-corrected chi connectivity index (χ1v) is 5.82. The third-order valence-corrected chi connectivity index (χ3v) is 2.90. The van der Waals surface area contributed by atoms with Crippen LogP contribution >= 0.6 is 0 Å². The molecule has 3 nitrogen and oxygen atoms in total. The molecule has 3 heteroatoms. The van der Waals surface area contributed by atoms with E-state index in [0.29, 0.717) is 18.4 Å². The van der Waals surface area contributed by atoms with Crippen LogP contribution in [0.3, 0.4) is 0 Å². The molecule has 0 aliphatic carbocycles. The van der Waals surface area contributed by atoms with Crippen LogP contribution in [-0.2, 0) is 14.3 Å². The molecule has 1 heterocycles. The van der Waals surface area contributed by atoms with Crippen molar-refractivity contribution in [1.82, 2.24) is 0 Å². The van der Waals surface area contributed by atoms with Crippen LogP contribution in [0.1, 0.15) is 39.5 Å². The molecular weight excluding hydrogens is 192 g/mol. The molecule has 1 aliphatic rings. The van der Waals surface area contributed by atoms with Gasteiger partial charge >= 0.3 is 5.97 Å². The summed E-state index contributed by atoms with van der Waals surface area (Å²) in [6, 6.07) is 0.